The topological polar surface area (TPSA) is 81.9 Å². The van der Waals surface area contributed by atoms with Crippen molar-refractivity contribution in [2.24, 2.45) is 0 Å². The van der Waals surface area contributed by atoms with E-state index in [1.165, 1.54) is 12.1 Å². The Morgan fingerprint density at radius 3 is 2.54 bits per heavy atom. The highest BCUT2D eigenvalue weighted by atomic mass is 19.1. The average Bonchev–Trinajstić information content (AvgIpc) is 3.08. The molecule has 0 saturated heterocycles. The van der Waals surface area contributed by atoms with Gasteiger partial charge < -0.3 is 10.1 Å². The quantitative estimate of drug-likeness (QED) is 0.734. The Morgan fingerprint density at radius 1 is 1.21 bits per heavy atom. The molecule has 0 radical (unpaired) electrons. The molecule has 1 heterocycles. The third-order valence-corrected chi connectivity index (χ3v) is 5.33. The van der Waals surface area contributed by atoms with Crippen LogP contribution in [0.15, 0.2) is 42.5 Å². The minimum absolute atomic E-state index is 0.102. The van der Waals surface area contributed by atoms with E-state index in [1.807, 2.05) is 0 Å². The van der Waals surface area contributed by atoms with Crippen LogP contribution >= 0.6 is 0 Å². The fourth-order valence-electron chi connectivity index (χ4n) is 3.58. The smallest absolute Gasteiger partial charge is 0.235 e. The van der Waals surface area contributed by atoms with E-state index in [0.29, 0.717) is 22.9 Å². The predicted molar refractivity (Wildman–Crippen MR) is 101 cm³/mol. The number of carbonyl (C=O) groups excluding carboxylic acids is 1. The Labute approximate surface area is 161 Å². The second-order valence-corrected chi connectivity index (χ2v) is 6.92. The number of nitrogens with zero attached hydrogens (tertiary/aromatic N) is 4. The number of amides is 1. The van der Waals surface area contributed by atoms with Crippen molar-refractivity contribution < 1.29 is 13.9 Å². The van der Waals surface area contributed by atoms with Crippen molar-refractivity contribution in [3.05, 3.63) is 59.7 Å². The first-order chi connectivity index (χ1) is 13.5. The molecule has 1 aliphatic carbocycles. The molecule has 1 fully saturated rings. The molecule has 1 amide bonds. The van der Waals surface area contributed by atoms with Gasteiger partial charge in [-0.3, -0.25) is 4.79 Å². The summed E-state index contributed by atoms with van der Waals surface area (Å²) in [4.78, 5) is 13.1. The Bertz CT molecular complexity index is 1010. The zero-order chi connectivity index (χ0) is 19.7. The number of benzene rings is 2. The van der Waals surface area contributed by atoms with Crippen LogP contribution in [0.2, 0.25) is 0 Å². The monoisotopic (exact) mass is 381 g/mol. The van der Waals surface area contributed by atoms with Crippen LogP contribution in [-0.4, -0.2) is 33.2 Å². The van der Waals surface area contributed by atoms with E-state index < -0.39 is 5.41 Å². The summed E-state index contributed by atoms with van der Waals surface area (Å²) in [6, 6.07) is 11.5. The first kappa shape index (κ1) is 18.1. The van der Waals surface area contributed by atoms with E-state index in [2.05, 4.69) is 20.8 Å². The van der Waals surface area contributed by atoms with Gasteiger partial charge in [0, 0.05) is 5.69 Å². The Morgan fingerprint density at radius 2 is 1.96 bits per heavy atom. The van der Waals surface area contributed by atoms with Crippen LogP contribution in [0.1, 0.15) is 30.7 Å². The van der Waals surface area contributed by atoms with Crippen LogP contribution in [0.4, 0.5) is 10.1 Å². The SMILES string of the molecule is COc1ccc(NC(=O)C2(c3ccc(F)cc3)CCC2)cc1-n1nnnc1C. The first-order valence-electron chi connectivity index (χ1n) is 9.04. The van der Waals surface area contributed by atoms with Crippen LogP contribution in [0, 0.1) is 12.7 Å². The molecule has 2 aromatic carbocycles. The van der Waals surface area contributed by atoms with Gasteiger partial charge in [0.15, 0.2) is 5.82 Å². The molecule has 8 heteroatoms. The van der Waals surface area contributed by atoms with Crippen LogP contribution in [0.5, 0.6) is 5.75 Å². The maximum absolute atomic E-state index is 13.3. The van der Waals surface area contributed by atoms with Gasteiger partial charge in [0.1, 0.15) is 17.3 Å². The minimum atomic E-state index is -0.626. The fourth-order valence-corrected chi connectivity index (χ4v) is 3.58. The largest absolute Gasteiger partial charge is 0.494 e. The molecular formula is C20H20FN5O2. The van der Waals surface area contributed by atoms with E-state index in [1.54, 1.807) is 49.0 Å². The van der Waals surface area contributed by atoms with Gasteiger partial charge in [-0.25, -0.2) is 4.39 Å². The van der Waals surface area contributed by atoms with Crippen molar-refractivity contribution in [1.82, 2.24) is 20.2 Å². The lowest BCUT2D eigenvalue weighted by Gasteiger charge is -2.40. The molecule has 0 spiro atoms. The lowest BCUT2D eigenvalue weighted by molar-refractivity contribution is -0.124. The van der Waals surface area contributed by atoms with Crippen LogP contribution < -0.4 is 10.1 Å². The summed E-state index contributed by atoms with van der Waals surface area (Å²) in [5.74, 6) is 0.777. The summed E-state index contributed by atoms with van der Waals surface area (Å²) < 4.78 is 20.2. The zero-order valence-electron chi connectivity index (χ0n) is 15.6. The number of carbonyl (C=O) groups is 1. The maximum atomic E-state index is 13.3. The van der Waals surface area contributed by atoms with Crippen molar-refractivity contribution >= 4 is 11.6 Å². The van der Waals surface area contributed by atoms with Gasteiger partial charge in [0.05, 0.1) is 12.5 Å². The Kier molecular flexibility index (Phi) is 4.54. The number of hydrogen-bond acceptors (Lipinski definition) is 5. The predicted octanol–water partition coefficient (Wildman–Crippen LogP) is 3.18. The number of anilines is 1. The van der Waals surface area contributed by atoms with Crippen LogP contribution in [-0.2, 0) is 10.2 Å². The number of methoxy groups -OCH3 is 1. The van der Waals surface area contributed by atoms with Gasteiger partial charge in [-0.15, -0.1) is 5.10 Å². The van der Waals surface area contributed by atoms with Gasteiger partial charge in [0.2, 0.25) is 5.91 Å². The van der Waals surface area contributed by atoms with Crippen LogP contribution in [0.25, 0.3) is 5.69 Å². The van der Waals surface area contributed by atoms with E-state index in [-0.39, 0.29) is 11.7 Å². The van der Waals surface area contributed by atoms with Gasteiger partial charge in [-0.05, 0) is 66.1 Å². The van der Waals surface area contributed by atoms with Crippen molar-refractivity contribution in [3.63, 3.8) is 0 Å². The Hall–Kier alpha value is -3.29. The average molecular weight is 381 g/mol. The van der Waals surface area contributed by atoms with Crippen molar-refractivity contribution in [2.75, 3.05) is 12.4 Å². The summed E-state index contributed by atoms with van der Waals surface area (Å²) >= 11 is 0. The molecule has 1 saturated carbocycles. The molecule has 0 atom stereocenters. The number of ether oxygens (including phenoxy) is 1. The molecule has 0 bridgehead atoms. The molecule has 0 unspecified atom stereocenters. The molecule has 0 aliphatic heterocycles. The van der Waals surface area contributed by atoms with E-state index >= 15 is 0 Å². The fraction of sp³-hybridized carbons (Fsp3) is 0.300. The molecule has 7 nitrogen and oxygen atoms in total. The maximum Gasteiger partial charge on any atom is 0.235 e. The molecule has 28 heavy (non-hydrogen) atoms. The zero-order valence-corrected chi connectivity index (χ0v) is 15.6. The van der Waals surface area contributed by atoms with E-state index in [9.17, 15) is 9.18 Å². The molecule has 1 N–H and O–H groups in total. The number of tetrazole rings is 1. The highest BCUT2D eigenvalue weighted by Crippen LogP contribution is 2.44. The molecule has 1 aromatic heterocycles. The summed E-state index contributed by atoms with van der Waals surface area (Å²) in [6.07, 6.45) is 2.43. The van der Waals surface area contributed by atoms with Crippen molar-refractivity contribution in [1.29, 1.82) is 0 Å². The Balaban J connectivity index is 1.64. The van der Waals surface area contributed by atoms with Crippen LogP contribution in [0.3, 0.4) is 0 Å². The highest BCUT2D eigenvalue weighted by molar-refractivity contribution is 6.00. The number of aromatic nitrogens is 4. The van der Waals surface area contributed by atoms with Gasteiger partial charge in [0.25, 0.3) is 0 Å². The number of hydrogen-bond donors (Lipinski definition) is 1. The first-order valence-corrected chi connectivity index (χ1v) is 9.04. The molecular weight excluding hydrogens is 361 g/mol. The second-order valence-electron chi connectivity index (χ2n) is 6.92. The standard InChI is InChI=1S/C20H20FN5O2/c1-13-23-24-25-26(13)17-12-16(8-9-18(17)28-2)22-19(27)20(10-3-11-20)14-4-6-15(21)7-5-14/h4-9,12H,3,10-11H2,1-2H3,(H,22,27). The third-order valence-electron chi connectivity index (χ3n) is 5.33. The number of halogens is 1. The lowest BCUT2D eigenvalue weighted by Crippen LogP contribution is -2.46. The minimum Gasteiger partial charge on any atom is -0.494 e. The van der Waals surface area contributed by atoms with E-state index in [4.69, 9.17) is 4.74 Å². The number of aryl methyl sites for hydroxylation is 1. The lowest BCUT2D eigenvalue weighted by atomic mass is 9.64. The summed E-state index contributed by atoms with van der Waals surface area (Å²) in [5, 5.41) is 14.5. The molecule has 1 aliphatic rings. The van der Waals surface area contributed by atoms with Crippen molar-refractivity contribution in [2.45, 2.75) is 31.6 Å². The van der Waals surface area contributed by atoms with Gasteiger partial charge in [-0.2, -0.15) is 4.68 Å². The number of nitrogens with one attached hydrogen (secondary N) is 1. The highest BCUT2D eigenvalue weighted by Gasteiger charge is 2.45. The summed E-state index contributed by atoms with van der Waals surface area (Å²) in [6.45, 7) is 1.78. The molecule has 3 aromatic rings. The summed E-state index contributed by atoms with van der Waals surface area (Å²) in [5.41, 5.74) is 1.46. The van der Waals surface area contributed by atoms with E-state index in [0.717, 1.165) is 24.8 Å². The molecule has 4 rings (SSSR count). The van der Waals surface area contributed by atoms with Crippen molar-refractivity contribution in [3.8, 4) is 11.4 Å². The number of rotatable bonds is 5. The third kappa shape index (κ3) is 3.00. The normalized spacial score (nSPS) is 15.0. The van der Waals surface area contributed by atoms with Gasteiger partial charge in [-0.1, -0.05) is 18.6 Å². The summed E-state index contributed by atoms with van der Waals surface area (Å²) in [7, 11) is 1.56. The van der Waals surface area contributed by atoms with Gasteiger partial charge >= 0.3 is 0 Å². The second kappa shape index (κ2) is 7.03. The molecule has 144 valence electrons.